The molecule has 0 amide bonds. The second-order valence-corrected chi connectivity index (χ2v) is 2.81. The van der Waals surface area contributed by atoms with E-state index in [2.05, 4.69) is 0 Å². The van der Waals surface area contributed by atoms with Crippen LogP contribution in [-0.2, 0) is 9.53 Å². The number of cyclic esters (lactones) is 1. The van der Waals surface area contributed by atoms with Crippen molar-refractivity contribution in [2.75, 3.05) is 0 Å². The Bertz CT molecular complexity index is 124. The van der Waals surface area contributed by atoms with Crippen molar-refractivity contribution in [3.05, 3.63) is 0 Å². The lowest BCUT2D eigenvalue weighted by molar-refractivity contribution is -0.152. The van der Waals surface area contributed by atoms with Crippen molar-refractivity contribution in [3.63, 3.8) is 0 Å². The first-order chi connectivity index (χ1) is 4.20. The molecule has 0 aromatic carbocycles. The number of hydrogen-bond acceptors (Lipinski definition) is 2. The lowest BCUT2D eigenvalue weighted by Crippen LogP contribution is -2.30. The Labute approximate surface area is 59.1 Å². The highest BCUT2D eigenvalue weighted by atomic mass is 35.5. The van der Waals surface area contributed by atoms with Gasteiger partial charge in [-0.05, 0) is 13.3 Å². The van der Waals surface area contributed by atoms with Crippen molar-refractivity contribution in [2.45, 2.75) is 31.2 Å². The molecule has 2 atom stereocenters. The van der Waals surface area contributed by atoms with Gasteiger partial charge in [-0.25, -0.2) is 0 Å². The summed E-state index contributed by atoms with van der Waals surface area (Å²) in [6, 6.07) is 0. The van der Waals surface area contributed by atoms with E-state index in [4.69, 9.17) is 16.3 Å². The SMILES string of the molecule is CC1OC(=O)CCC1Cl. The molecule has 1 aliphatic rings. The zero-order valence-corrected chi connectivity index (χ0v) is 6.02. The highest BCUT2D eigenvalue weighted by molar-refractivity contribution is 6.21. The van der Waals surface area contributed by atoms with E-state index in [0.717, 1.165) is 6.42 Å². The minimum absolute atomic E-state index is 0.0164. The summed E-state index contributed by atoms with van der Waals surface area (Å²) < 4.78 is 4.83. The van der Waals surface area contributed by atoms with Gasteiger partial charge < -0.3 is 4.74 Å². The minimum Gasteiger partial charge on any atom is -0.461 e. The van der Waals surface area contributed by atoms with Gasteiger partial charge >= 0.3 is 5.97 Å². The summed E-state index contributed by atoms with van der Waals surface area (Å²) in [5, 5.41) is 0.0164. The predicted octanol–water partition coefficient (Wildman–Crippen LogP) is 1.32. The fraction of sp³-hybridized carbons (Fsp3) is 0.833. The van der Waals surface area contributed by atoms with Gasteiger partial charge in [-0.15, -0.1) is 11.6 Å². The summed E-state index contributed by atoms with van der Waals surface area (Å²) >= 11 is 5.76. The molecule has 0 spiro atoms. The number of hydrogen-bond donors (Lipinski definition) is 0. The minimum atomic E-state index is -0.126. The van der Waals surface area contributed by atoms with E-state index < -0.39 is 0 Å². The summed E-state index contributed by atoms with van der Waals surface area (Å²) in [6.45, 7) is 1.81. The van der Waals surface area contributed by atoms with E-state index in [1.165, 1.54) is 0 Å². The zero-order valence-electron chi connectivity index (χ0n) is 5.26. The Hall–Kier alpha value is -0.240. The smallest absolute Gasteiger partial charge is 0.306 e. The normalized spacial score (nSPS) is 36.0. The van der Waals surface area contributed by atoms with Crippen molar-refractivity contribution in [1.82, 2.24) is 0 Å². The number of rotatable bonds is 0. The van der Waals surface area contributed by atoms with Crippen LogP contribution in [0.2, 0.25) is 0 Å². The Balaban J connectivity index is 2.44. The van der Waals surface area contributed by atoms with Gasteiger partial charge in [0.2, 0.25) is 0 Å². The number of carbonyl (C=O) groups is 1. The summed E-state index contributed by atoms with van der Waals surface area (Å²) in [5.74, 6) is -0.126. The fourth-order valence-electron chi connectivity index (χ4n) is 0.831. The van der Waals surface area contributed by atoms with Gasteiger partial charge in [0, 0.05) is 6.42 Å². The summed E-state index contributed by atoms with van der Waals surface area (Å²) in [4.78, 5) is 10.5. The molecule has 2 unspecified atom stereocenters. The molecule has 0 N–H and O–H groups in total. The standard InChI is InChI=1S/C6H9ClO2/c1-4-5(7)2-3-6(8)9-4/h4-5H,2-3H2,1H3. The Morgan fingerprint density at radius 3 is 2.89 bits per heavy atom. The molecule has 52 valence electrons. The zero-order chi connectivity index (χ0) is 6.85. The topological polar surface area (TPSA) is 26.3 Å². The molecule has 0 aliphatic carbocycles. The molecular weight excluding hydrogens is 140 g/mol. The molecule has 1 fully saturated rings. The molecular formula is C6H9ClO2. The predicted molar refractivity (Wildman–Crippen MR) is 34.4 cm³/mol. The first-order valence-electron chi connectivity index (χ1n) is 3.03. The Kier molecular flexibility index (Phi) is 1.96. The van der Waals surface area contributed by atoms with Gasteiger partial charge in [0.25, 0.3) is 0 Å². The first-order valence-corrected chi connectivity index (χ1v) is 3.47. The lowest BCUT2D eigenvalue weighted by atomic mass is 10.1. The van der Waals surface area contributed by atoms with E-state index in [9.17, 15) is 4.79 Å². The van der Waals surface area contributed by atoms with Crippen LogP contribution >= 0.6 is 11.6 Å². The highest BCUT2D eigenvalue weighted by Gasteiger charge is 2.24. The second kappa shape index (κ2) is 2.56. The maximum Gasteiger partial charge on any atom is 0.306 e. The molecule has 9 heavy (non-hydrogen) atoms. The number of halogens is 1. The van der Waals surface area contributed by atoms with Crippen molar-refractivity contribution >= 4 is 17.6 Å². The average molecular weight is 149 g/mol. The van der Waals surface area contributed by atoms with Crippen LogP contribution in [0.25, 0.3) is 0 Å². The van der Waals surface area contributed by atoms with Crippen LogP contribution in [0.4, 0.5) is 0 Å². The fourth-order valence-corrected chi connectivity index (χ4v) is 0.991. The molecule has 0 bridgehead atoms. The first kappa shape index (κ1) is 6.87. The van der Waals surface area contributed by atoms with E-state index in [1.807, 2.05) is 6.92 Å². The quantitative estimate of drug-likeness (QED) is 0.383. The van der Waals surface area contributed by atoms with Crippen LogP contribution in [0.3, 0.4) is 0 Å². The number of carbonyl (C=O) groups excluding carboxylic acids is 1. The van der Waals surface area contributed by atoms with Crippen LogP contribution in [0.15, 0.2) is 0 Å². The molecule has 0 aromatic rings. The van der Waals surface area contributed by atoms with Gasteiger partial charge in [0.05, 0.1) is 5.38 Å². The van der Waals surface area contributed by atoms with Gasteiger partial charge in [0.15, 0.2) is 0 Å². The average Bonchev–Trinajstić information content (AvgIpc) is 1.80. The molecule has 1 heterocycles. The lowest BCUT2D eigenvalue weighted by Gasteiger charge is -2.23. The van der Waals surface area contributed by atoms with Gasteiger partial charge in [0.1, 0.15) is 6.10 Å². The van der Waals surface area contributed by atoms with E-state index in [1.54, 1.807) is 0 Å². The summed E-state index contributed by atoms with van der Waals surface area (Å²) in [6.07, 6.45) is 1.12. The molecule has 0 radical (unpaired) electrons. The third-order valence-corrected chi connectivity index (χ3v) is 2.02. The molecule has 1 rings (SSSR count). The molecule has 0 aromatic heterocycles. The summed E-state index contributed by atoms with van der Waals surface area (Å²) in [7, 11) is 0. The van der Waals surface area contributed by atoms with E-state index >= 15 is 0 Å². The van der Waals surface area contributed by atoms with Gasteiger partial charge in [-0.2, -0.15) is 0 Å². The summed E-state index contributed by atoms with van der Waals surface area (Å²) in [5.41, 5.74) is 0. The van der Waals surface area contributed by atoms with Gasteiger partial charge in [-0.3, -0.25) is 4.79 Å². The Morgan fingerprint density at radius 2 is 2.44 bits per heavy atom. The highest BCUT2D eigenvalue weighted by Crippen LogP contribution is 2.19. The number of alkyl halides is 1. The molecule has 2 nitrogen and oxygen atoms in total. The molecule has 1 aliphatic heterocycles. The third-order valence-electron chi connectivity index (χ3n) is 1.45. The van der Waals surface area contributed by atoms with E-state index in [-0.39, 0.29) is 17.5 Å². The third kappa shape index (κ3) is 1.58. The maximum absolute atomic E-state index is 10.5. The van der Waals surface area contributed by atoms with Crippen LogP contribution in [-0.4, -0.2) is 17.5 Å². The van der Waals surface area contributed by atoms with Crippen LogP contribution in [0.5, 0.6) is 0 Å². The van der Waals surface area contributed by atoms with E-state index in [0.29, 0.717) is 6.42 Å². The monoisotopic (exact) mass is 148 g/mol. The van der Waals surface area contributed by atoms with Gasteiger partial charge in [-0.1, -0.05) is 0 Å². The van der Waals surface area contributed by atoms with Crippen LogP contribution in [0, 0.1) is 0 Å². The molecule has 0 saturated carbocycles. The molecule has 3 heteroatoms. The number of ether oxygens (including phenoxy) is 1. The van der Waals surface area contributed by atoms with Crippen LogP contribution in [0.1, 0.15) is 19.8 Å². The second-order valence-electron chi connectivity index (χ2n) is 2.25. The number of esters is 1. The molecule has 1 saturated heterocycles. The van der Waals surface area contributed by atoms with Crippen molar-refractivity contribution in [1.29, 1.82) is 0 Å². The van der Waals surface area contributed by atoms with Crippen molar-refractivity contribution < 1.29 is 9.53 Å². The van der Waals surface area contributed by atoms with Crippen molar-refractivity contribution in [2.24, 2.45) is 0 Å². The van der Waals surface area contributed by atoms with Crippen molar-refractivity contribution in [3.8, 4) is 0 Å². The largest absolute Gasteiger partial charge is 0.461 e. The van der Waals surface area contributed by atoms with Crippen LogP contribution < -0.4 is 0 Å². The maximum atomic E-state index is 10.5. The Morgan fingerprint density at radius 1 is 1.78 bits per heavy atom.